The summed E-state index contributed by atoms with van der Waals surface area (Å²) in [6.07, 6.45) is 2.21. The van der Waals surface area contributed by atoms with Crippen LogP contribution in [0.3, 0.4) is 0 Å². The molecule has 2 aromatic heterocycles. The molecule has 2 aromatic carbocycles. The molecule has 0 aliphatic heterocycles. The smallest absolute Gasteiger partial charge is 0.301 e. The lowest BCUT2D eigenvalue weighted by molar-refractivity contribution is -0.132. The Balaban J connectivity index is 1.51. The monoisotopic (exact) mass is 767 g/mol. The summed E-state index contributed by atoms with van der Waals surface area (Å²) in [5.74, 6) is -3.32. The number of carbonyl (C=O) groups is 5. The molecule has 4 aromatic rings. The number of aromatic nitrogens is 3. The molecule has 0 bridgehead atoms. The van der Waals surface area contributed by atoms with E-state index in [9.17, 15) is 29.1 Å². The molecule has 0 fully saturated rings. The van der Waals surface area contributed by atoms with Crippen molar-refractivity contribution in [1.29, 1.82) is 0 Å². The van der Waals surface area contributed by atoms with Crippen molar-refractivity contribution < 1.29 is 33.8 Å². The molecule has 0 aliphatic carbocycles. The molecule has 2 unspecified atom stereocenters. The van der Waals surface area contributed by atoms with E-state index >= 15 is 0 Å². The summed E-state index contributed by atoms with van der Waals surface area (Å²) >= 11 is 0. The highest BCUT2D eigenvalue weighted by molar-refractivity contribution is 6.05. The summed E-state index contributed by atoms with van der Waals surface area (Å²) in [7, 11) is 0. The molecule has 14 heteroatoms. The fraction of sp³-hybridized carbons (Fsp3) is 0.405. The van der Waals surface area contributed by atoms with E-state index in [4.69, 9.17) is 4.74 Å². The number of nitrogens with one attached hydrogen (secondary N) is 4. The number of ether oxygens (including phenoxy) is 1. The van der Waals surface area contributed by atoms with Crippen LogP contribution in [0.4, 0.5) is 0 Å². The van der Waals surface area contributed by atoms with Crippen LogP contribution in [0.1, 0.15) is 82.0 Å². The summed E-state index contributed by atoms with van der Waals surface area (Å²) in [6, 6.07) is 21.0. The highest BCUT2D eigenvalue weighted by atomic mass is 16.5. The Hall–Kier alpha value is -5.89. The van der Waals surface area contributed by atoms with Crippen molar-refractivity contribution in [2.24, 2.45) is 11.8 Å². The molecular formula is C42H53N7O7. The van der Waals surface area contributed by atoms with Crippen LogP contribution in [-0.2, 0) is 32.2 Å². The minimum atomic E-state index is -1.35. The second-order valence-corrected chi connectivity index (χ2v) is 14.1. The number of rotatable bonds is 20. The molecule has 14 nitrogen and oxygen atoms in total. The zero-order valence-electron chi connectivity index (χ0n) is 32.6. The van der Waals surface area contributed by atoms with E-state index in [1.165, 1.54) is 12.3 Å². The predicted molar refractivity (Wildman–Crippen MR) is 210 cm³/mol. The molecule has 0 spiro atoms. The van der Waals surface area contributed by atoms with Gasteiger partial charge < -0.3 is 25.8 Å². The van der Waals surface area contributed by atoms with Crippen molar-refractivity contribution in [3.63, 3.8) is 0 Å². The molecule has 2 heterocycles. The van der Waals surface area contributed by atoms with Crippen molar-refractivity contribution in [3.8, 4) is 11.7 Å². The largest absolute Gasteiger partial charge is 0.460 e. The van der Waals surface area contributed by atoms with E-state index in [0.717, 1.165) is 11.3 Å². The van der Waals surface area contributed by atoms with Gasteiger partial charge in [-0.15, -0.1) is 0 Å². The van der Waals surface area contributed by atoms with Crippen molar-refractivity contribution in [2.75, 3.05) is 0 Å². The molecule has 4 rings (SSSR count). The van der Waals surface area contributed by atoms with Crippen LogP contribution >= 0.6 is 0 Å². The highest BCUT2D eigenvalue weighted by Gasteiger charge is 2.32. The van der Waals surface area contributed by atoms with Gasteiger partial charge in [-0.2, -0.15) is 0 Å². The summed E-state index contributed by atoms with van der Waals surface area (Å²) in [5, 5.41) is 22.1. The second-order valence-electron chi connectivity index (χ2n) is 14.1. The van der Waals surface area contributed by atoms with Crippen molar-refractivity contribution in [2.45, 2.75) is 97.6 Å². The number of hydrogen-bond donors (Lipinski definition) is 5. The van der Waals surface area contributed by atoms with Gasteiger partial charge in [0.05, 0.1) is 30.5 Å². The average molecular weight is 768 g/mol. The van der Waals surface area contributed by atoms with E-state index < -0.39 is 54.3 Å². The number of amides is 5. The second kappa shape index (κ2) is 21.3. The Bertz CT molecular complexity index is 1890. The van der Waals surface area contributed by atoms with Crippen LogP contribution in [0.5, 0.6) is 6.01 Å². The summed E-state index contributed by atoms with van der Waals surface area (Å²) in [5.41, 5.74) is 2.33. The molecule has 5 amide bonds. The number of carbonyl (C=O) groups excluding carboxylic acids is 5. The number of nitrogens with zero attached hydrogens (tertiary/aromatic N) is 3. The summed E-state index contributed by atoms with van der Waals surface area (Å²) in [4.78, 5) is 74.5. The summed E-state index contributed by atoms with van der Waals surface area (Å²) in [6.45, 7) is 9.38. The standard InChI is InChI=1S/C42H53N7O7/c1-6-28(5)38(41(55)48-39(53)32-20-14-15-21-43-32)47-37(52)24-35(50)33(22-27(3)4)46-40(54)34(45-36(51)7-2)23-31-25-44-42(49(31)30-18-12-9-13-19-30)56-26-29-16-10-8-11-17-29/h8-21,25,27-28,33-35,38,50H,6-7,22-24,26H2,1-5H3,(H,45,51)(H,46,54)(H,47,52)(H,48,53,55)/t28-,33?,34?,35-,38-/m0/s1. The van der Waals surface area contributed by atoms with Crippen LogP contribution in [0, 0.1) is 11.8 Å². The first-order valence-electron chi connectivity index (χ1n) is 19.0. The minimum absolute atomic E-state index is 0.00164. The first-order chi connectivity index (χ1) is 26.9. The Labute approximate surface area is 327 Å². The normalized spacial score (nSPS) is 13.8. The fourth-order valence-corrected chi connectivity index (χ4v) is 6.02. The molecule has 298 valence electrons. The maximum Gasteiger partial charge on any atom is 0.301 e. The van der Waals surface area contributed by atoms with Crippen LogP contribution in [0.15, 0.2) is 91.3 Å². The van der Waals surface area contributed by atoms with Gasteiger partial charge in [-0.1, -0.05) is 95.6 Å². The molecular weight excluding hydrogens is 715 g/mol. The molecule has 56 heavy (non-hydrogen) atoms. The predicted octanol–water partition coefficient (Wildman–Crippen LogP) is 4.05. The van der Waals surface area contributed by atoms with Gasteiger partial charge >= 0.3 is 6.01 Å². The molecule has 0 saturated carbocycles. The first kappa shape index (κ1) is 42.8. The highest BCUT2D eigenvalue weighted by Crippen LogP contribution is 2.23. The average Bonchev–Trinajstić information content (AvgIpc) is 3.60. The third-order valence-corrected chi connectivity index (χ3v) is 9.27. The van der Waals surface area contributed by atoms with Gasteiger partial charge in [-0.05, 0) is 48.1 Å². The van der Waals surface area contributed by atoms with E-state index in [1.807, 2.05) is 81.4 Å². The van der Waals surface area contributed by atoms with Crippen LogP contribution in [0.25, 0.3) is 5.69 Å². The summed E-state index contributed by atoms with van der Waals surface area (Å²) < 4.78 is 7.92. The van der Waals surface area contributed by atoms with Gasteiger partial charge in [-0.3, -0.25) is 38.8 Å². The third kappa shape index (κ3) is 12.6. The number of imide groups is 1. The van der Waals surface area contributed by atoms with E-state index in [1.54, 1.807) is 36.7 Å². The Morgan fingerprint density at radius 2 is 1.48 bits per heavy atom. The van der Waals surface area contributed by atoms with Crippen LogP contribution in [-0.4, -0.2) is 73.4 Å². The van der Waals surface area contributed by atoms with Gasteiger partial charge in [0.2, 0.25) is 23.6 Å². The van der Waals surface area contributed by atoms with Crippen molar-refractivity contribution in [1.82, 2.24) is 35.8 Å². The zero-order chi connectivity index (χ0) is 40.6. The van der Waals surface area contributed by atoms with Gasteiger partial charge in [0.15, 0.2) is 0 Å². The number of imidazole rings is 1. The topological polar surface area (TPSA) is 194 Å². The van der Waals surface area contributed by atoms with Crippen LogP contribution in [0.2, 0.25) is 0 Å². The maximum atomic E-state index is 14.1. The molecule has 5 atom stereocenters. The Morgan fingerprint density at radius 3 is 2.11 bits per heavy atom. The molecule has 5 N–H and O–H groups in total. The van der Waals surface area contributed by atoms with Gasteiger partial charge in [0.25, 0.3) is 5.91 Å². The van der Waals surface area contributed by atoms with Gasteiger partial charge in [0.1, 0.15) is 24.4 Å². The van der Waals surface area contributed by atoms with E-state index in [0.29, 0.717) is 24.5 Å². The fourth-order valence-electron chi connectivity index (χ4n) is 6.02. The quantitative estimate of drug-likeness (QED) is 0.0883. The van der Waals surface area contributed by atoms with Crippen LogP contribution < -0.4 is 26.0 Å². The van der Waals surface area contributed by atoms with Crippen molar-refractivity contribution >= 4 is 29.5 Å². The Morgan fingerprint density at radius 1 is 0.804 bits per heavy atom. The SMILES string of the molecule is CCC(=O)NC(Cc1cnc(OCc2ccccc2)n1-c1ccccc1)C(=O)NC(CC(C)C)[C@@H](O)CC(=O)N[C@H](C(=O)NC(=O)c1ccccn1)[C@@H](C)CC. The number of para-hydroxylation sites is 1. The number of hydrogen-bond acceptors (Lipinski definition) is 9. The molecule has 0 saturated heterocycles. The number of benzene rings is 2. The number of aliphatic hydroxyl groups excluding tert-OH is 1. The van der Waals surface area contributed by atoms with E-state index in [2.05, 4.69) is 31.2 Å². The van der Waals surface area contributed by atoms with Gasteiger partial charge in [-0.25, -0.2) is 4.98 Å². The zero-order valence-corrected chi connectivity index (χ0v) is 32.6. The lowest BCUT2D eigenvalue weighted by atomic mass is 9.95. The van der Waals surface area contributed by atoms with Gasteiger partial charge in [0, 0.05) is 24.7 Å². The molecule has 0 aliphatic rings. The number of aliphatic hydroxyl groups is 1. The maximum absolute atomic E-state index is 14.1. The molecule has 0 radical (unpaired) electrons. The first-order valence-corrected chi connectivity index (χ1v) is 19.0. The lowest BCUT2D eigenvalue weighted by Gasteiger charge is -2.29. The Kier molecular flexibility index (Phi) is 16.3. The van der Waals surface area contributed by atoms with E-state index in [-0.39, 0.29) is 42.9 Å². The minimum Gasteiger partial charge on any atom is -0.460 e. The number of pyridine rings is 1. The lowest BCUT2D eigenvalue weighted by Crippen LogP contribution is -2.55. The van der Waals surface area contributed by atoms with Crippen molar-refractivity contribution in [3.05, 3.63) is 108 Å². The third-order valence-electron chi connectivity index (χ3n) is 9.27.